The summed E-state index contributed by atoms with van der Waals surface area (Å²) in [6, 6.07) is 0. The second kappa shape index (κ2) is 2.88. The Hall–Kier alpha value is -0.300. The Bertz CT molecular complexity index is 163. The molecule has 1 N–H and O–H groups in total. The number of rotatable bonds is 1. The molecule has 0 saturated carbocycles. The Morgan fingerprint density at radius 2 is 1.58 bits per heavy atom. The van der Waals surface area contributed by atoms with E-state index in [1.54, 1.807) is 0 Å². The van der Waals surface area contributed by atoms with Gasteiger partial charge in [-0.1, -0.05) is 12.7 Å². The van der Waals surface area contributed by atoms with Crippen LogP contribution in [0.15, 0.2) is 6.08 Å². The molecule has 1 rings (SSSR count). The Morgan fingerprint density at radius 1 is 1.17 bits per heavy atom. The summed E-state index contributed by atoms with van der Waals surface area (Å²) in [6.07, 6.45) is 4.14. The number of nitrogens with one attached hydrogen (secondary N) is 1. The average molecular weight is 166 g/mol. The highest BCUT2D eigenvalue weighted by Gasteiger charge is 2.36. The highest BCUT2D eigenvalue weighted by atomic mass is 15.0. The minimum atomic E-state index is 0.224. The molecule has 69 valence electrons. The first-order chi connectivity index (χ1) is 5.35. The van der Waals surface area contributed by atoms with Crippen molar-refractivity contribution in [1.29, 1.82) is 0 Å². The summed E-state index contributed by atoms with van der Waals surface area (Å²) in [5.41, 5.74) is 0.449. The van der Waals surface area contributed by atoms with E-state index in [-0.39, 0.29) is 11.1 Å². The van der Waals surface area contributed by atoms with Crippen LogP contribution in [0.4, 0.5) is 0 Å². The molecule has 1 fully saturated rings. The van der Waals surface area contributed by atoms with Crippen LogP contribution in [0.25, 0.3) is 0 Å². The Kier molecular flexibility index (Phi) is 2.35. The van der Waals surface area contributed by atoms with Gasteiger partial charge in [0.25, 0.3) is 0 Å². The molecule has 0 atom stereocenters. The molecular weight excluding hydrogens is 146 g/mol. The molecule has 1 heterocycles. The van der Waals surface area contributed by atoms with Gasteiger partial charge in [-0.3, -0.25) is 0 Å². The summed E-state index contributed by atoms with van der Waals surface area (Å²) in [7, 11) is 0. The van der Waals surface area contributed by atoms with Gasteiger partial charge in [0.05, 0.1) is 0 Å². The quantitative estimate of drug-likeness (QED) is 0.631. The van der Waals surface area contributed by atoms with Gasteiger partial charge in [0.2, 0.25) is 0 Å². The number of allylic oxidation sites excluding steroid dienone is 1. The lowest BCUT2D eigenvalue weighted by Gasteiger charge is -2.45. The summed E-state index contributed by atoms with van der Waals surface area (Å²) < 4.78 is 0. The van der Waals surface area contributed by atoms with Gasteiger partial charge >= 0.3 is 0 Å². The molecule has 1 aliphatic rings. The van der Waals surface area contributed by atoms with Crippen LogP contribution < -0.4 is 5.32 Å². The summed E-state index contributed by atoms with van der Waals surface area (Å²) in [6.45, 7) is 14.6. The second-order valence-corrected chi connectivity index (χ2v) is 5.25. The molecule has 0 aliphatic carbocycles. The molecule has 1 saturated heterocycles. The van der Waals surface area contributed by atoms with Gasteiger partial charge in [-0.05, 0) is 46.5 Å². The molecule has 0 spiro atoms. The third kappa shape index (κ3) is 2.34. The first-order valence-electron chi connectivity index (χ1n) is 4.69. The lowest BCUT2D eigenvalue weighted by Crippen LogP contribution is -2.57. The van der Waals surface area contributed by atoms with Crippen LogP contribution in [-0.2, 0) is 0 Å². The van der Waals surface area contributed by atoms with Crippen LogP contribution in [-0.4, -0.2) is 11.1 Å². The van der Waals surface area contributed by atoms with Crippen LogP contribution in [0.1, 0.15) is 40.5 Å². The van der Waals surface area contributed by atoms with E-state index >= 15 is 0 Å². The molecule has 0 aromatic carbocycles. The van der Waals surface area contributed by atoms with Crippen molar-refractivity contribution in [1.82, 2.24) is 5.32 Å². The van der Waals surface area contributed by atoms with Crippen molar-refractivity contribution < 1.29 is 0 Å². The summed E-state index contributed by atoms with van der Waals surface area (Å²) in [5.74, 6) is 0.566. The lowest BCUT2D eigenvalue weighted by molar-refractivity contribution is 0.150. The van der Waals surface area contributed by atoms with Gasteiger partial charge in [0.15, 0.2) is 0 Å². The van der Waals surface area contributed by atoms with Gasteiger partial charge in [-0.2, -0.15) is 0 Å². The van der Waals surface area contributed by atoms with Crippen LogP contribution in [0, 0.1) is 12.5 Å². The van der Waals surface area contributed by atoms with E-state index in [1.165, 1.54) is 0 Å². The first-order valence-corrected chi connectivity index (χ1v) is 4.69. The first kappa shape index (κ1) is 9.79. The van der Waals surface area contributed by atoms with E-state index < -0.39 is 0 Å². The maximum atomic E-state index is 5.59. The Labute approximate surface area is 76.2 Å². The fraction of sp³-hybridized carbons (Fsp3) is 0.818. The third-order valence-corrected chi connectivity index (χ3v) is 2.49. The SMILES string of the molecule is [CH]=CC1CC(C)(C)NC(C)(C)C1. The molecule has 0 aromatic rings. The normalized spacial score (nSPS) is 28.3. The van der Waals surface area contributed by atoms with E-state index in [9.17, 15) is 0 Å². The molecule has 0 aromatic heterocycles. The fourth-order valence-corrected chi connectivity index (χ4v) is 2.54. The van der Waals surface area contributed by atoms with Crippen molar-refractivity contribution in [2.24, 2.45) is 5.92 Å². The summed E-state index contributed by atoms with van der Waals surface area (Å²) in [5, 5.41) is 3.62. The predicted octanol–water partition coefficient (Wildman–Crippen LogP) is 2.53. The van der Waals surface area contributed by atoms with Gasteiger partial charge < -0.3 is 5.32 Å². The van der Waals surface area contributed by atoms with Gasteiger partial charge in [-0.25, -0.2) is 0 Å². The van der Waals surface area contributed by atoms with Crippen LogP contribution in [0.2, 0.25) is 0 Å². The van der Waals surface area contributed by atoms with Crippen LogP contribution in [0.5, 0.6) is 0 Å². The molecule has 0 unspecified atom stereocenters. The van der Waals surface area contributed by atoms with E-state index in [2.05, 4.69) is 33.0 Å². The zero-order valence-electron chi connectivity index (χ0n) is 8.65. The number of hydrogen-bond acceptors (Lipinski definition) is 1. The zero-order chi connectivity index (χ0) is 9.41. The van der Waals surface area contributed by atoms with Gasteiger partial charge in [0.1, 0.15) is 0 Å². The standard InChI is InChI=1S/C11H20N/c1-6-9-7-10(2,3)12-11(4,5)8-9/h1,6,9,12H,7-8H2,2-5H3. The largest absolute Gasteiger partial charge is 0.307 e. The monoisotopic (exact) mass is 166 g/mol. The average Bonchev–Trinajstić information content (AvgIpc) is 1.80. The van der Waals surface area contributed by atoms with E-state index in [0.717, 1.165) is 12.8 Å². The predicted molar refractivity (Wildman–Crippen MR) is 52.9 cm³/mol. The maximum absolute atomic E-state index is 5.59. The number of hydrogen-bond donors (Lipinski definition) is 1. The molecular formula is C11H20N. The smallest absolute Gasteiger partial charge is 0.0135 e. The zero-order valence-corrected chi connectivity index (χ0v) is 8.65. The number of piperidine rings is 1. The minimum absolute atomic E-state index is 0.224. The Balaban J connectivity index is 2.72. The highest BCUT2D eigenvalue weighted by Crippen LogP contribution is 2.32. The fourth-order valence-electron chi connectivity index (χ4n) is 2.54. The minimum Gasteiger partial charge on any atom is -0.307 e. The van der Waals surface area contributed by atoms with Crippen molar-refractivity contribution >= 4 is 0 Å². The molecule has 1 heteroatoms. The highest BCUT2D eigenvalue weighted by molar-refractivity contribution is 5.00. The summed E-state index contributed by atoms with van der Waals surface area (Å²) in [4.78, 5) is 0. The van der Waals surface area contributed by atoms with E-state index in [1.807, 2.05) is 6.08 Å². The van der Waals surface area contributed by atoms with Crippen molar-refractivity contribution in [3.05, 3.63) is 12.7 Å². The second-order valence-electron chi connectivity index (χ2n) is 5.25. The van der Waals surface area contributed by atoms with E-state index in [0.29, 0.717) is 5.92 Å². The summed E-state index contributed by atoms with van der Waals surface area (Å²) >= 11 is 0. The molecule has 1 aliphatic heterocycles. The third-order valence-electron chi connectivity index (χ3n) is 2.49. The van der Waals surface area contributed by atoms with Crippen molar-refractivity contribution in [3.8, 4) is 0 Å². The Morgan fingerprint density at radius 3 is 1.92 bits per heavy atom. The van der Waals surface area contributed by atoms with Crippen molar-refractivity contribution in [2.75, 3.05) is 0 Å². The van der Waals surface area contributed by atoms with Gasteiger partial charge in [0, 0.05) is 11.1 Å². The van der Waals surface area contributed by atoms with Crippen molar-refractivity contribution in [3.63, 3.8) is 0 Å². The molecule has 1 nitrogen and oxygen atoms in total. The maximum Gasteiger partial charge on any atom is 0.0135 e. The molecule has 0 bridgehead atoms. The lowest BCUT2D eigenvalue weighted by atomic mass is 9.76. The van der Waals surface area contributed by atoms with Crippen LogP contribution in [0.3, 0.4) is 0 Å². The van der Waals surface area contributed by atoms with Gasteiger partial charge in [-0.15, -0.1) is 0 Å². The van der Waals surface area contributed by atoms with Crippen molar-refractivity contribution in [2.45, 2.75) is 51.6 Å². The molecule has 0 amide bonds. The molecule has 1 radical (unpaired) electrons. The van der Waals surface area contributed by atoms with E-state index in [4.69, 9.17) is 6.58 Å². The molecule has 12 heavy (non-hydrogen) atoms. The topological polar surface area (TPSA) is 12.0 Å². The van der Waals surface area contributed by atoms with Crippen LogP contribution >= 0.6 is 0 Å².